The molecule has 0 radical (unpaired) electrons. The van der Waals surface area contributed by atoms with Crippen molar-refractivity contribution in [2.45, 2.75) is 20.4 Å². The predicted molar refractivity (Wildman–Crippen MR) is 78.8 cm³/mol. The van der Waals surface area contributed by atoms with Gasteiger partial charge in [-0.1, -0.05) is 0 Å². The van der Waals surface area contributed by atoms with E-state index in [4.69, 9.17) is 12.2 Å². The van der Waals surface area contributed by atoms with Crippen LogP contribution in [0.1, 0.15) is 17.0 Å². The number of fused-ring (bicyclic) bond motifs is 1. The molecule has 2 aromatic heterocycles. The van der Waals surface area contributed by atoms with Gasteiger partial charge < -0.3 is 9.55 Å². The van der Waals surface area contributed by atoms with Crippen LogP contribution in [-0.2, 0) is 13.6 Å². The summed E-state index contributed by atoms with van der Waals surface area (Å²) in [6.07, 6.45) is 0. The molecule has 0 saturated heterocycles. The van der Waals surface area contributed by atoms with Gasteiger partial charge in [-0.25, -0.2) is 8.78 Å². The van der Waals surface area contributed by atoms with Crippen LogP contribution in [0.4, 0.5) is 8.78 Å². The molecule has 0 fully saturated rings. The van der Waals surface area contributed by atoms with Crippen LogP contribution in [0.2, 0.25) is 0 Å². The van der Waals surface area contributed by atoms with Crippen LogP contribution in [0.3, 0.4) is 0 Å². The minimum atomic E-state index is -0.644. The van der Waals surface area contributed by atoms with Crippen LogP contribution in [0.5, 0.6) is 0 Å². The fraction of sp³-hybridized carbons (Fsp3) is 0.286. The lowest BCUT2D eigenvalue weighted by atomic mass is 10.2. The molecule has 0 bridgehead atoms. The Labute approximate surface area is 125 Å². The molecule has 0 aliphatic rings. The molecule has 0 aliphatic heterocycles. The number of imidazole rings is 1. The van der Waals surface area contributed by atoms with Crippen LogP contribution < -0.4 is 0 Å². The molecule has 4 nitrogen and oxygen atoms in total. The first-order valence-electron chi connectivity index (χ1n) is 6.45. The zero-order chi connectivity index (χ0) is 15.3. The molecule has 0 unspecified atom stereocenters. The largest absolute Gasteiger partial charge is 0.328 e. The minimum Gasteiger partial charge on any atom is -0.328 e. The third-order valence-electron chi connectivity index (χ3n) is 3.78. The Kier molecular flexibility index (Phi) is 3.16. The highest BCUT2D eigenvalue weighted by Gasteiger charge is 2.15. The van der Waals surface area contributed by atoms with Gasteiger partial charge in [0.25, 0.3) is 0 Å². The van der Waals surface area contributed by atoms with Crippen LogP contribution >= 0.6 is 12.2 Å². The SMILES string of the molecule is Cc1nn(C)c(C)c1Cn1c(=S)[nH]c2c(F)cc(F)cc21. The number of H-pyrrole nitrogens is 1. The monoisotopic (exact) mass is 308 g/mol. The number of nitrogens with zero attached hydrogens (tertiary/aromatic N) is 3. The maximum atomic E-state index is 13.8. The highest BCUT2D eigenvalue weighted by molar-refractivity contribution is 7.71. The highest BCUT2D eigenvalue weighted by atomic mass is 32.1. The second-order valence-corrected chi connectivity index (χ2v) is 5.46. The topological polar surface area (TPSA) is 38.5 Å². The number of rotatable bonds is 2. The standard InChI is InChI=1S/C14H14F2N4S/c1-7-10(8(2)19(3)18-7)6-20-12-5-9(15)4-11(16)13(12)17-14(20)21/h4-5H,6H2,1-3H3,(H,17,21). The highest BCUT2D eigenvalue weighted by Crippen LogP contribution is 2.22. The van der Waals surface area contributed by atoms with Gasteiger partial charge in [-0.3, -0.25) is 4.68 Å². The zero-order valence-corrected chi connectivity index (χ0v) is 12.7. The van der Waals surface area contributed by atoms with E-state index in [0.29, 0.717) is 16.8 Å². The summed E-state index contributed by atoms with van der Waals surface area (Å²) in [5.41, 5.74) is 3.52. The Bertz CT molecular complexity index is 904. The van der Waals surface area contributed by atoms with Gasteiger partial charge in [-0.2, -0.15) is 5.10 Å². The Balaban J connectivity index is 2.21. The Morgan fingerprint density at radius 3 is 2.62 bits per heavy atom. The fourth-order valence-corrected chi connectivity index (χ4v) is 2.81. The second kappa shape index (κ2) is 4.77. The Hall–Kier alpha value is -2.02. The molecule has 0 spiro atoms. The lowest BCUT2D eigenvalue weighted by Crippen LogP contribution is -2.03. The first-order valence-corrected chi connectivity index (χ1v) is 6.86. The summed E-state index contributed by atoms with van der Waals surface area (Å²) < 4.78 is 31.1. The van der Waals surface area contributed by atoms with Gasteiger partial charge in [-0.05, 0) is 32.1 Å². The first-order chi connectivity index (χ1) is 9.88. The summed E-state index contributed by atoms with van der Waals surface area (Å²) in [6, 6.07) is 2.13. The average Bonchev–Trinajstić information content (AvgIpc) is 2.83. The molecule has 110 valence electrons. The van der Waals surface area contributed by atoms with Gasteiger partial charge in [-0.15, -0.1) is 0 Å². The zero-order valence-electron chi connectivity index (χ0n) is 11.9. The number of halogens is 2. The number of hydrogen-bond donors (Lipinski definition) is 1. The number of hydrogen-bond acceptors (Lipinski definition) is 2. The predicted octanol–water partition coefficient (Wildman–Crippen LogP) is 3.38. The van der Waals surface area contributed by atoms with Gasteiger partial charge in [0.1, 0.15) is 11.3 Å². The van der Waals surface area contributed by atoms with Gasteiger partial charge in [0.15, 0.2) is 10.6 Å². The molecule has 3 aromatic rings. The summed E-state index contributed by atoms with van der Waals surface area (Å²) in [5, 5.41) is 4.35. The van der Waals surface area contributed by atoms with Crippen molar-refractivity contribution in [1.82, 2.24) is 19.3 Å². The van der Waals surface area contributed by atoms with Gasteiger partial charge in [0.05, 0.1) is 17.8 Å². The molecule has 1 aromatic carbocycles. The molecular formula is C14H14F2N4S. The van der Waals surface area contributed by atoms with E-state index in [9.17, 15) is 8.78 Å². The van der Waals surface area contributed by atoms with Crippen LogP contribution in [-0.4, -0.2) is 19.3 Å². The van der Waals surface area contributed by atoms with E-state index < -0.39 is 11.6 Å². The summed E-state index contributed by atoms with van der Waals surface area (Å²) in [4.78, 5) is 2.80. The summed E-state index contributed by atoms with van der Waals surface area (Å²) in [7, 11) is 1.86. The number of aryl methyl sites for hydroxylation is 2. The molecule has 0 aliphatic carbocycles. The lowest BCUT2D eigenvalue weighted by molar-refractivity contribution is 0.590. The molecule has 0 saturated carbocycles. The minimum absolute atomic E-state index is 0.223. The Morgan fingerprint density at radius 1 is 1.29 bits per heavy atom. The lowest BCUT2D eigenvalue weighted by Gasteiger charge is -2.06. The number of nitrogens with one attached hydrogen (secondary N) is 1. The summed E-state index contributed by atoms with van der Waals surface area (Å²) in [6.45, 7) is 4.28. The molecule has 2 heterocycles. The van der Waals surface area contributed by atoms with Crippen LogP contribution in [0.25, 0.3) is 11.0 Å². The maximum absolute atomic E-state index is 13.8. The fourth-order valence-electron chi connectivity index (χ4n) is 2.54. The quantitative estimate of drug-likeness (QED) is 0.737. The molecular weight excluding hydrogens is 294 g/mol. The molecule has 7 heteroatoms. The van der Waals surface area contributed by atoms with Crippen molar-refractivity contribution in [2.75, 3.05) is 0 Å². The summed E-state index contributed by atoms with van der Waals surface area (Å²) >= 11 is 5.24. The van der Waals surface area contributed by atoms with Crippen LogP contribution in [0, 0.1) is 30.3 Å². The van der Waals surface area contributed by atoms with E-state index in [1.165, 1.54) is 6.07 Å². The van der Waals surface area contributed by atoms with Crippen LogP contribution in [0.15, 0.2) is 12.1 Å². The van der Waals surface area contributed by atoms with Crippen molar-refractivity contribution < 1.29 is 8.78 Å². The van der Waals surface area contributed by atoms with Crippen molar-refractivity contribution >= 4 is 23.3 Å². The van der Waals surface area contributed by atoms with Gasteiger partial charge in [0, 0.05) is 24.4 Å². The number of aromatic amines is 1. The molecule has 21 heavy (non-hydrogen) atoms. The first kappa shape index (κ1) is 13.9. The van der Waals surface area contributed by atoms with Crippen molar-refractivity contribution in [3.8, 4) is 0 Å². The normalized spacial score (nSPS) is 11.5. The smallest absolute Gasteiger partial charge is 0.178 e. The van der Waals surface area contributed by atoms with E-state index in [2.05, 4.69) is 10.1 Å². The summed E-state index contributed by atoms with van der Waals surface area (Å²) in [5.74, 6) is -1.27. The van der Waals surface area contributed by atoms with Crippen molar-refractivity contribution in [1.29, 1.82) is 0 Å². The average molecular weight is 308 g/mol. The van der Waals surface area contributed by atoms with E-state index in [0.717, 1.165) is 23.0 Å². The van der Waals surface area contributed by atoms with Crippen molar-refractivity contribution in [3.05, 3.63) is 45.5 Å². The van der Waals surface area contributed by atoms with E-state index in [1.807, 2.05) is 20.9 Å². The van der Waals surface area contributed by atoms with E-state index in [-0.39, 0.29) is 5.52 Å². The third-order valence-corrected chi connectivity index (χ3v) is 4.10. The maximum Gasteiger partial charge on any atom is 0.178 e. The molecule has 3 rings (SSSR count). The molecule has 1 N–H and O–H groups in total. The van der Waals surface area contributed by atoms with Crippen molar-refractivity contribution in [2.24, 2.45) is 7.05 Å². The van der Waals surface area contributed by atoms with Gasteiger partial charge >= 0.3 is 0 Å². The molecule has 0 amide bonds. The van der Waals surface area contributed by atoms with Crippen molar-refractivity contribution in [3.63, 3.8) is 0 Å². The Morgan fingerprint density at radius 2 is 2.00 bits per heavy atom. The van der Waals surface area contributed by atoms with E-state index in [1.54, 1.807) is 9.25 Å². The second-order valence-electron chi connectivity index (χ2n) is 5.07. The third kappa shape index (κ3) is 2.17. The molecule has 0 atom stereocenters. The van der Waals surface area contributed by atoms with Gasteiger partial charge in [0.2, 0.25) is 0 Å². The van der Waals surface area contributed by atoms with E-state index >= 15 is 0 Å². The number of benzene rings is 1. The number of aromatic nitrogens is 4.